The molecule has 1 aliphatic heterocycles. The first-order chi connectivity index (χ1) is 4.20. The molecule has 9 heavy (non-hydrogen) atoms. The predicted octanol–water partition coefficient (Wildman–Crippen LogP) is 1.73. The van der Waals surface area contributed by atoms with Crippen LogP contribution in [0.4, 0.5) is 0 Å². The molecule has 2 unspecified atom stereocenters. The molecule has 0 spiro atoms. The second kappa shape index (κ2) is 1.39. The largest absolute Gasteiger partial charge is 0.297 e. The molecule has 0 aromatic carbocycles. The zero-order valence-electron chi connectivity index (χ0n) is 6.09. The summed E-state index contributed by atoms with van der Waals surface area (Å²) in [6.45, 7) is 5.80. The van der Waals surface area contributed by atoms with Gasteiger partial charge in [-0.1, -0.05) is 13.8 Å². The molecule has 1 fully saturated rings. The van der Waals surface area contributed by atoms with Gasteiger partial charge in [-0.05, 0) is 23.7 Å². The van der Waals surface area contributed by atoms with Gasteiger partial charge in [-0.15, -0.1) is 0 Å². The Morgan fingerprint density at radius 1 is 1.56 bits per heavy atom. The lowest BCUT2D eigenvalue weighted by atomic mass is 9.57. The monoisotopic (exact) mass is 123 g/mol. The molecule has 0 aromatic rings. The number of fused-ring (bicyclic) bond motifs is 1. The van der Waals surface area contributed by atoms with Crippen LogP contribution in [0.1, 0.15) is 20.3 Å². The molecule has 0 saturated heterocycles. The zero-order valence-corrected chi connectivity index (χ0v) is 6.09. The molecule has 50 valence electrons. The molecule has 2 atom stereocenters. The highest BCUT2D eigenvalue weighted by Gasteiger charge is 2.47. The van der Waals surface area contributed by atoms with Gasteiger partial charge in [0.15, 0.2) is 0 Å². The van der Waals surface area contributed by atoms with Gasteiger partial charge in [-0.25, -0.2) is 0 Å². The van der Waals surface area contributed by atoms with E-state index in [1.54, 1.807) is 0 Å². The topological polar surface area (TPSA) is 12.4 Å². The standard InChI is InChI=1S/C8H13N/c1-8(2)3-6-4-9-5-7(6)8/h4,6-7H,3,5H2,1-2H3. The maximum atomic E-state index is 4.28. The van der Waals surface area contributed by atoms with Crippen LogP contribution in [0.5, 0.6) is 0 Å². The molecule has 1 nitrogen and oxygen atoms in total. The molecule has 2 aliphatic rings. The van der Waals surface area contributed by atoms with E-state index in [-0.39, 0.29) is 0 Å². The Bertz CT molecular complexity index is 158. The average molecular weight is 123 g/mol. The van der Waals surface area contributed by atoms with Crippen LogP contribution in [0.15, 0.2) is 4.99 Å². The van der Waals surface area contributed by atoms with E-state index in [1.807, 2.05) is 0 Å². The summed E-state index contributed by atoms with van der Waals surface area (Å²) < 4.78 is 0. The first kappa shape index (κ1) is 5.45. The summed E-state index contributed by atoms with van der Waals surface area (Å²) in [5.41, 5.74) is 0.598. The number of nitrogens with zero attached hydrogens (tertiary/aromatic N) is 1. The minimum absolute atomic E-state index is 0.598. The Morgan fingerprint density at radius 3 is 2.78 bits per heavy atom. The maximum Gasteiger partial charge on any atom is 0.0425 e. The van der Waals surface area contributed by atoms with Gasteiger partial charge < -0.3 is 0 Å². The van der Waals surface area contributed by atoms with Crippen LogP contribution in [0.25, 0.3) is 0 Å². The first-order valence-electron chi connectivity index (χ1n) is 3.70. The van der Waals surface area contributed by atoms with Crippen molar-refractivity contribution in [1.29, 1.82) is 0 Å². The van der Waals surface area contributed by atoms with Crippen molar-refractivity contribution in [2.24, 2.45) is 22.2 Å². The summed E-state index contributed by atoms with van der Waals surface area (Å²) in [6, 6.07) is 0. The van der Waals surface area contributed by atoms with E-state index in [4.69, 9.17) is 0 Å². The highest BCUT2D eigenvalue weighted by atomic mass is 14.8. The van der Waals surface area contributed by atoms with Crippen molar-refractivity contribution in [3.63, 3.8) is 0 Å². The minimum atomic E-state index is 0.598. The van der Waals surface area contributed by atoms with Gasteiger partial charge in [-0.2, -0.15) is 0 Å². The molecule has 0 bridgehead atoms. The fraction of sp³-hybridized carbons (Fsp3) is 0.875. The van der Waals surface area contributed by atoms with Crippen LogP contribution in [-0.2, 0) is 0 Å². The molecule has 1 aliphatic carbocycles. The summed E-state index contributed by atoms with van der Waals surface area (Å²) in [5, 5.41) is 0. The van der Waals surface area contributed by atoms with Gasteiger partial charge in [0.25, 0.3) is 0 Å². The Hall–Kier alpha value is -0.330. The van der Waals surface area contributed by atoms with Gasteiger partial charge in [0.2, 0.25) is 0 Å². The van der Waals surface area contributed by atoms with E-state index < -0.39 is 0 Å². The van der Waals surface area contributed by atoms with Crippen molar-refractivity contribution in [2.45, 2.75) is 20.3 Å². The Balaban J connectivity index is 2.13. The van der Waals surface area contributed by atoms with Crippen LogP contribution in [0.3, 0.4) is 0 Å². The zero-order chi connectivity index (χ0) is 6.48. The summed E-state index contributed by atoms with van der Waals surface area (Å²) in [4.78, 5) is 4.28. The van der Waals surface area contributed by atoms with Crippen LogP contribution in [-0.4, -0.2) is 12.8 Å². The van der Waals surface area contributed by atoms with Crippen molar-refractivity contribution in [3.8, 4) is 0 Å². The van der Waals surface area contributed by atoms with E-state index in [1.165, 1.54) is 6.42 Å². The molecule has 2 rings (SSSR count). The fourth-order valence-corrected chi connectivity index (χ4v) is 2.17. The fourth-order valence-electron chi connectivity index (χ4n) is 2.17. The van der Waals surface area contributed by atoms with Crippen LogP contribution in [0.2, 0.25) is 0 Å². The lowest BCUT2D eigenvalue weighted by molar-refractivity contribution is 0.0509. The van der Waals surface area contributed by atoms with Crippen LogP contribution >= 0.6 is 0 Å². The van der Waals surface area contributed by atoms with Crippen molar-refractivity contribution in [2.75, 3.05) is 6.54 Å². The molecule has 0 N–H and O–H groups in total. The van der Waals surface area contributed by atoms with Crippen molar-refractivity contribution in [3.05, 3.63) is 0 Å². The SMILES string of the molecule is CC1(C)CC2C=NCC21. The third kappa shape index (κ3) is 0.577. The van der Waals surface area contributed by atoms with Gasteiger partial charge in [0.1, 0.15) is 0 Å². The summed E-state index contributed by atoms with van der Waals surface area (Å²) in [7, 11) is 0. The van der Waals surface area contributed by atoms with Crippen molar-refractivity contribution >= 4 is 6.21 Å². The van der Waals surface area contributed by atoms with Crippen molar-refractivity contribution in [1.82, 2.24) is 0 Å². The molecule has 0 radical (unpaired) electrons. The molecule has 0 aromatic heterocycles. The Kier molecular flexibility index (Phi) is 0.842. The van der Waals surface area contributed by atoms with Gasteiger partial charge >= 0.3 is 0 Å². The highest BCUT2D eigenvalue weighted by Crippen LogP contribution is 2.51. The minimum Gasteiger partial charge on any atom is -0.297 e. The van der Waals surface area contributed by atoms with E-state index in [9.17, 15) is 0 Å². The molecular formula is C8H13N. The molecule has 1 heteroatoms. The molecule has 1 heterocycles. The van der Waals surface area contributed by atoms with E-state index in [2.05, 4.69) is 25.1 Å². The number of rotatable bonds is 0. The number of aliphatic imine (C=N–C) groups is 1. The quantitative estimate of drug-likeness (QED) is 0.465. The summed E-state index contributed by atoms with van der Waals surface area (Å²) in [5.74, 6) is 1.73. The summed E-state index contributed by atoms with van der Waals surface area (Å²) in [6.07, 6.45) is 3.51. The first-order valence-corrected chi connectivity index (χ1v) is 3.70. The third-order valence-corrected chi connectivity index (χ3v) is 2.88. The van der Waals surface area contributed by atoms with Gasteiger partial charge in [-0.3, -0.25) is 4.99 Å². The Morgan fingerprint density at radius 2 is 2.33 bits per heavy atom. The van der Waals surface area contributed by atoms with Crippen LogP contribution < -0.4 is 0 Å². The maximum absolute atomic E-state index is 4.28. The second-order valence-corrected chi connectivity index (χ2v) is 3.98. The third-order valence-electron chi connectivity index (χ3n) is 2.88. The van der Waals surface area contributed by atoms with Crippen LogP contribution in [0, 0.1) is 17.3 Å². The Labute approximate surface area is 56.2 Å². The average Bonchev–Trinajstić information content (AvgIpc) is 2.10. The van der Waals surface area contributed by atoms with Gasteiger partial charge in [0.05, 0.1) is 0 Å². The second-order valence-electron chi connectivity index (χ2n) is 3.98. The summed E-state index contributed by atoms with van der Waals surface area (Å²) >= 11 is 0. The van der Waals surface area contributed by atoms with Crippen molar-refractivity contribution < 1.29 is 0 Å². The smallest absolute Gasteiger partial charge is 0.0425 e. The molecule has 0 amide bonds. The number of hydrogen-bond donors (Lipinski definition) is 0. The normalized spacial score (nSPS) is 44.2. The lowest BCUT2D eigenvalue weighted by Gasteiger charge is -2.46. The molecular weight excluding hydrogens is 110 g/mol. The lowest BCUT2D eigenvalue weighted by Crippen LogP contribution is -2.43. The molecule has 1 saturated carbocycles. The van der Waals surface area contributed by atoms with E-state index in [0.29, 0.717) is 5.41 Å². The number of hydrogen-bond acceptors (Lipinski definition) is 1. The van der Waals surface area contributed by atoms with E-state index >= 15 is 0 Å². The van der Waals surface area contributed by atoms with Gasteiger partial charge in [0, 0.05) is 12.8 Å². The predicted molar refractivity (Wildman–Crippen MR) is 38.7 cm³/mol. The van der Waals surface area contributed by atoms with E-state index in [0.717, 1.165) is 18.4 Å². The highest BCUT2D eigenvalue weighted by molar-refractivity contribution is 5.65.